The SMILES string of the molecule is CCN(CC)S(=O)(=O)c1ccc2nc(SCC(=O)Nc3cccc(Cl)c3C)cc(C)c2c1. The summed E-state index contributed by atoms with van der Waals surface area (Å²) >= 11 is 7.44. The van der Waals surface area contributed by atoms with Gasteiger partial charge in [0.1, 0.15) is 0 Å². The van der Waals surface area contributed by atoms with E-state index in [2.05, 4.69) is 10.3 Å². The maximum atomic E-state index is 12.8. The van der Waals surface area contributed by atoms with E-state index in [4.69, 9.17) is 11.6 Å². The van der Waals surface area contributed by atoms with E-state index >= 15 is 0 Å². The molecule has 0 aliphatic rings. The molecule has 0 bridgehead atoms. The number of halogens is 1. The Kier molecular flexibility index (Phi) is 7.82. The molecule has 0 aliphatic carbocycles. The van der Waals surface area contributed by atoms with Crippen LogP contribution in [0.15, 0.2) is 52.4 Å². The third-order valence-corrected chi connectivity index (χ3v) is 8.57. The molecule has 6 nitrogen and oxygen atoms in total. The van der Waals surface area contributed by atoms with Crippen LogP contribution in [0.5, 0.6) is 0 Å². The topological polar surface area (TPSA) is 79.4 Å². The highest BCUT2D eigenvalue weighted by Crippen LogP contribution is 2.28. The summed E-state index contributed by atoms with van der Waals surface area (Å²) in [6, 6.07) is 12.2. The van der Waals surface area contributed by atoms with Crippen molar-refractivity contribution in [3.63, 3.8) is 0 Å². The van der Waals surface area contributed by atoms with Crippen LogP contribution < -0.4 is 5.32 Å². The first-order valence-electron chi connectivity index (χ1n) is 10.3. The van der Waals surface area contributed by atoms with E-state index in [0.717, 1.165) is 16.5 Å². The second kappa shape index (κ2) is 10.2. The number of sulfonamides is 1. The fourth-order valence-corrected chi connectivity index (χ4v) is 5.79. The summed E-state index contributed by atoms with van der Waals surface area (Å²) in [4.78, 5) is 17.3. The number of anilines is 1. The molecule has 0 aliphatic heterocycles. The van der Waals surface area contributed by atoms with Crippen molar-refractivity contribution in [2.24, 2.45) is 0 Å². The first kappa shape index (κ1) is 24.5. The molecule has 2 aromatic carbocycles. The van der Waals surface area contributed by atoms with Crippen LogP contribution in [0.1, 0.15) is 25.0 Å². The van der Waals surface area contributed by atoms with E-state index in [9.17, 15) is 13.2 Å². The van der Waals surface area contributed by atoms with Crippen molar-refractivity contribution in [2.75, 3.05) is 24.2 Å². The lowest BCUT2D eigenvalue weighted by Gasteiger charge is -2.19. The van der Waals surface area contributed by atoms with Crippen LogP contribution in [0.2, 0.25) is 5.02 Å². The summed E-state index contributed by atoms with van der Waals surface area (Å²) < 4.78 is 27.1. The van der Waals surface area contributed by atoms with Gasteiger partial charge in [-0.2, -0.15) is 4.31 Å². The number of aromatic nitrogens is 1. The summed E-state index contributed by atoms with van der Waals surface area (Å²) in [6.45, 7) is 8.25. The minimum Gasteiger partial charge on any atom is -0.325 e. The minimum atomic E-state index is -3.54. The van der Waals surface area contributed by atoms with Crippen LogP contribution in [-0.2, 0) is 14.8 Å². The predicted octanol–water partition coefficient (Wildman–Crippen LogP) is 5.27. The van der Waals surface area contributed by atoms with Crippen molar-refractivity contribution in [3.8, 4) is 0 Å². The van der Waals surface area contributed by atoms with Crippen molar-refractivity contribution in [1.82, 2.24) is 9.29 Å². The van der Waals surface area contributed by atoms with Gasteiger partial charge in [0.25, 0.3) is 0 Å². The second-order valence-electron chi connectivity index (χ2n) is 7.29. The normalized spacial score (nSPS) is 11.8. The molecule has 32 heavy (non-hydrogen) atoms. The van der Waals surface area contributed by atoms with Crippen molar-refractivity contribution in [3.05, 3.63) is 58.6 Å². The molecule has 0 atom stereocenters. The van der Waals surface area contributed by atoms with Crippen LogP contribution in [0, 0.1) is 13.8 Å². The number of aryl methyl sites for hydroxylation is 1. The van der Waals surface area contributed by atoms with Gasteiger partial charge >= 0.3 is 0 Å². The van der Waals surface area contributed by atoms with Crippen molar-refractivity contribution < 1.29 is 13.2 Å². The molecule has 0 unspecified atom stereocenters. The van der Waals surface area contributed by atoms with Gasteiger partial charge in [-0.25, -0.2) is 13.4 Å². The van der Waals surface area contributed by atoms with Gasteiger partial charge in [-0.1, -0.05) is 43.3 Å². The lowest BCUT2D eigenvalue weighted by atomic mass is 10.1. The number of fused-ring (bicyclic) bond motifs is 1. The van der Waals surface area contributed by atoms with Crippen LogP contribution in [-0.4, -0.2) is 42.5 Å². The number of hydrogen-bond acceptors (Lipinski definition) is 5. The summed E-state index contributed by atoms with van der Waals surface area (Å²) in [7, 11) is -3.54. The quantitative estimate of drug-likeness (QED) is 0.434. The summed E-state index contributed by atoms with van der Waals surface area (Å²) in [6.07, 6.45) is 0. The number of benzene rings is 2. The van der Waals surface area contributed by atoms with Gasteiger partial charge in [0.2, 0.25) is 15.9 Å². The van der Waals surface area contributed by atoms with Gasteiger partial charge in [0.05, 0.1) is 21.2 Å². The molecule has 0 spiro atoms. The molecule has 170 valence electrons. The Morgan fingerprint density at radius 2 is 1.84 bits per heavy atom. The van der Waals surface area contributed by atoms with Gasteiger partial charge < -0.3 is 5.32 Å². The number of hydrogen-bond donors (Lipinski definition) is 1. The summed E-state index contributed by atoms with van der Waals surface area (Å²) in [5.41, 5.74) is 3.10. The van der Waals surface area contributed by atoms with Gasteiger partial charge in [-0.15, -0.1) is 0 Å². The number of rotatable bonds is 8. The smallest absolute Gasteiger partial charge is 0.243 e. The Morgan fingerprint density at radius 1 is 1.12 bits per heavy atom. The number of nitrogens with zero attached hydrogens (tertiary/aromatic N) is 2. The fraction of sp³-hybridized carbons (Fsp3) is 0.304. The largest absolute Gasteiger partial charge is 0.325 e. The van der Waals surface area contributed by atoms with Crippen molar-refractivity contribution in [1.29, 1.82) is 0 Å². The summed E-state index contributed by atoms with van der Waals surface area (Å²) in [5.74, 6) is 0.0405. The Bertz CT molecular complexity index is 1260. The van der Waals surface area contributed by atoms with Gasteiger partial charge in [-0.3, -0.25) is 4.79 Å². The molecule has 1 amide bonds. The van der Waals surface area contributed by atoms with Crippen LogP contribution >= 0.6 is 23.4 Å². The van der Waals surface area contributed by atoms with Gasteiger partial charge in [-0.05, 0) is 61.4 Å². The van der Waals surface area contributed by atoms with E-state index in [1.54, 1.807) is 30.3 Å². The number of thioether (sulfide) groups is 1. The Hall–Kier alpha value is -2.13. The number of pyridine rings is 1. The average Bonchev–Trinajstić information content (AvgIpc) is 2.76. The number of carbonyl (C=O) groups excluding carboxylic acids is 1. The van der Waals surface area contributed by atoms with Gasteiger partial charge in [0, 0.05) is 29.2 Å². The zero-order valence-corrected chi connectivity index (χ0v) is 20.9. The Balaban J connectivity index is 1.78. The van der Waals surface area contributed by atoms with Crippen LogP contribution in [0.4, 0.5) is 5.69 Å². The molecule has 1 heterocycles. The molecule has 0 radical (unpaired) electrons. The Labute approximate surface area is 198 Å². The van der Waals surface area contributed by atoms with E-state index < -0.39 is 10.0 Å². The predicted molar refractivity (Wildman–Crippen MR) is 132 cm³/mol. The molecule has 1 N–H and O–H groups in total. The molecule has 0 saturated heterocycles. The molecule has 1 aromatic heterocycles. The molecule has 0 fully saturated rings. The maximum absolute atomic E-state index is 12.8. The fourth-order valence-electron chi connectivity index (χ4n) is 3.36. The Morgan fingerprint density at radius 3 is 2.53 bits per heavy atom. The molecule has 3 rings (SSSR count). The minimum absolute atomic E-state index is 0.152. The first-order valence-corrected chi connectivity index (χ1v) is 13.1. The van der Waals surface area contributed by atoms with E-state index in [0.29, 0.717) is 34.3 Å². The van der Waals surface area contributed by atoms with Crippen LogP contribution in [0.3, 0.4) is 0 Å². The first-order chi connectivity index (χ1) is 15.2. The van der Waals surface area contributed by atoms with E-state index in [1.807, 2.05) is 39.8 Å². The highest BCUT2D eigenvalue weighted by atomic mass is 35.5. The monoisotopic (exact) mass is 491 g/mol. The van der Waals surface area contributed by atoms with E-state index in [-0.39, 0.29) is 16.6 Å². The highest BCUT2D eigenvalue weighted by molar-refractivity contribution is 7.99. The zero-order valence-electron chi connectivity index (χ0n) is 18.5. The highest BCUT2D eigenvalue weighted by Gasteiger charge is 2.22. The third kappa shape index (κ3) is 5.26. The van der Waals surface area contributed by atoms with Crippen molar-refractivity contribution >= 4 is 55.9 Å². The number of nitrogens with one attached hydrogen (secondary N) is 1. The number of amides is 1. The maximum Gasteiger partial charge on any atom is 0.243 e. The standard InChI is InChI=1S/C23H26ClN3O3S2/c1-5-27(6-2)32(29,30)17-10-11-21-18(13-17)15(3)12-23(26-21)31-14-22(28)25-20-9-7-8-19(24)16(20)4/h7-13H,5-6,14H2,1-4H3,(H,25,28). The van der Waals surface area contributed by atoms with E-state index in [1.165, 1.54) is 16.1 Å². The van der Waals surface area contributed by atoms with Crippen molar-refractivity contribution in [2.45, 2.75) is 37.6 Å². The molecular weight excluding hydrogens is 466 g/mol. The lowest BCUT2D eigenvalue weighted by molar-refractivity contribution is -0.113. The second-order valence-corrected chi connectivity index (χ2v) is 10.6. The molecule has 0 saturated carbocycles. The summed E-state index contributed by atoms with van der Waals surface area (Å²) in [5, 5.41) is 4.96. The average molecular weight is 492 g/mol. The van der Waals surface area contributed by atoms with Crippen LogP contribution in [0.25, 0.3) is 10.9 Å². The number of carbonyl (C=O) groups is 1. The third-order valence-electron chi connectivity index (χ3n) is 5.20. The molecule has 3 aromatic rings. The van der Waals surface area contributed by atoms with Gasteiger partial charge in [0.15, 0.2) is 0 Å². The molecule has 9 heteroatoms. The lowest BCUT2D eigenvalue weighted by Crippen LogP contribution is -2.30. The zero-order chi connectivity index (χ0) is 23.5. The molecular formula is C23H26ClN3O3S2.